The number of para-hydroxylation sites is 1. The summed E-state index contributed by atoms with van der Waals surface area (Å²) in [5.41, 5.74) is 0.882. The second-order valence-electron chi connectivity index (χ2n) is 7.81. The Morgan fingerprint density at radius 2 is 1.94 bits per heavy atom. The molecular formula is C22H24ClN3O5S. The third-order valence-electron chi connectivity index (χ3n) is 5.74. The van der Waals surface area contributed by atoms with Gasteiger partial charge in [0, 0.05) is 19.0 Å². The molecule has 2 aliphatic rings. The van der Waals surface area contributed by atoms with Crippen LogP contribution in [0.1, 0.15) is 26.2 Å². The molecule has 2 amide bonds. The zero-order valence-corrected chi connectivity index (χ0v) is 19.1. The minimum atomic E-state index is -3.77. The number of ether oxygens (including phenoxy) is 1. The second-order valence-corrected chi connectivity index (χ2v) is 10.2. The number of halogens is 1. The van der Waals surface area contributed by atoms with E-state index in [0.717, 1.165) is 0 Å². The lowest BCUT2D eigenvalue weighted by atomic mass is 9.97. The molecule has 1 saturated heterocycles. The van der Waals surface area contributed by atoms with Crippen molar-refractivity contribution in [3.8, 4) is 5.75 Å². The summed E-state index contributed by atoms with van der Waals surface area (Å²) in [6, 6.07) is 11.4. The standard InChI is InChI=1S/C22H24ClN3O5S/c1-2-19-22(28)25-18-13-15(7-8-20(18)31-19)32(29,30)26-11-9-14(10-12-26)21(27)24-17-6-4-3-5-16(17)23/h3-8,13-14,19H,2,9-12H2,1H3,(H,24,27)(H,25,28). The van der Waals surface area contributed by atoms with Crippen molar-refractivity contribution < 1.29 is 22.7 Å². The first-order chi connectivity index (χ1) is 15.3. The molecule has 2 heterocycles. The molecule has 2 aliphatic heterocycles. The zero-order chi connectivity index (χ0) is 22.9. The van der Waals surface area contributed by atoms with Crippen molar-refractivity contribution in [2.75, 3.05) is 23.7 Å². The molecule has 32 heavy (non-hydrogen) atoms. The Bertz CT molecular complexity index is 1150. The van der Waals surface area contributed by atoms with Crippen molar-refractivity contribution in [1.82, 2.24) is 4.31 Å². The Morgan fingerprint density at radius 1 is 1.22 bits per heavy atom. The van der Waals surface area contributed by atoms with E-state index in [1.807, 2.05) is 6.92 Å². The van der Waals surface area contributed by atoms with E-state index in [4.69, 9.17) is 16.3 Å². The predicted molar refractivity (Wildman–Crippen MR) is 121 cm³/mol. The molecule has 1 unspecified atom stereocenters. The molecule has 2 aromatic carbocycles. The molecule has 0 bridgehead atoms. The molecule has 10 heteroatoms. The number of sulfonamides is 1. The van der Waals surface area contributed by atoms with Crippen LogP contribution in [0.5, 0.6) is 5.75 Å². The first-order valence-electron chi connectivity index (χ1n) is 10.5. The smallest absolute Gasteiger partial charge is 0.265 e. The number of benzene rings is 2. The maximum Gasteiger partial charge on any atom is 0.265 e. The summed E-state index contributed by atoms with van der Waals surface area (Å²) in [6.07, 6.45) is 0.738. The molecule has 170 valence electrons. The van der Waals surface area contributed by atoms with Crippen molar-refractivity contribution >= 4 is 44.8 Å². The Labute approximate surface area is 191 Å². The molecule has 8 nitrogen and oxygen atoms in total. The lowest BCUT2D eigenvalue weighted by Crippen LogP contribution is -2.41. The van der Waals surface area contributed by atoms with Crippen LogP contribution in [0, 0.1) is 5.92 Å². The maximum atomic E-state index is 13.1. The number of nitrogens with zero attached hydrogens (tertiary/aromatic N) is 1. The number of amides is 2. The number of carbonyl (C=O) groups is 2. The summed E-state index contributed by atoms with van der Waals surface area (Å²) in [6.45, 7) is 2.29. The number of nitrogens with one attached hydrogen (secondary N) is 2. The SMILES string of the molecule is CCC1Oc2ccc(S(=O)(=O)N3CCC(C(=O)Nc4ccccc4Cl)CC3)cc2NC1=O. The Hall–Kier alpha value is -2.62. The van der Waals surface area contributed by atoms with Gasteiger partial charge < -0.3 is 15.4 Å². The van der Waals surface area contributed by atoms with Crippen molar-refractivity contribution in [3.05, 3.63) is 47.5 Å². The summed E-state index contributed by atoms with van der Waals surface area (Å²) in [5, 5.41) is 5.99. The van der Waals surface area contributed by atoms with Crippen LogP contribution in [-0.2, 0) is 19.6 Å². The van der Waals surface area contributed by atoms with E-state index in [1.54, 1.807) is 30.3 Å². The van der Waals surface area contributed by atoms with Gasteiger partial charge in [0.05, 0.1) is 21.3 Å². The van der Waals surface area contributed by atoms with Crippen LogP contribution in [0.25, 0.3) is 0 Å². The van der Waals surface area contributed by atoms with Gasteiger partial charge in [-0.3, -0.25) is 9.59 Å². The fraction of sp³-hybridized carbons (Fsp3) is 0.364. The predicted octanol–water partition coefficient (Wildman–Crippen LogP) is 3.49. The number of rotatable bonds is 5. The van der Waals surface area contributed by atoms with Crippen molar-refractivity contribution in [2.24, 2.45) is 5.92 Å². The number of anilines is 2. The van der Waals surface area contributed by atoms with Gasteiger partial charge in [0.2, 0.25) is 15.9 Å². The molecule has 2 aromatic rings. The molecule has 0 spiro atoms. The highest BCUT2D eigenvalue weighted by atomic mass is 35.5. The quantitative estimate of drug-likeness (QED) is 0.685. The summed E-state index contributed by atoms with van der Waals surface area (Å²) < 4.78 is 33.3. The van der Waals surface area contributed by atoms with Crippen LogP contribution in [0.2, 0.25) is 5.02 Å². The molecular weight excluding hydrogens is 454 g/mol. The van der Waals surface area contributed by atoms with E-state index in [2.05, 4.69) is 10.6 Å². The van der Waals surface area contributed by atoms with E-state index >= 15 is 0 Å². The minimum Gasteiger partial charge on any atom is -0.478 e. The molecule has 1 fully saturated rings. The van der Waals surface area contributed by atoms with Gasteiger partial charge in [-0.15, -0.1) is 0 Å². The van der Waals surface area contributed by atoms with Gasteiger partial charge in [-0.25, -0.2) is 8.42 Å². The number of hydrogen-bond acceptors (Lipinski definition) is 5. The van der Waals surface area contributed by atoms with Crippen molar-refractivity contribution in [1.29, 1.82) is 0 Å². The molecule has 0 aliphatic carbocycles. The van der Waals surface area contributed by atoms with E-state index in [9.17, 15) is 18.0 Å². The third-order valence-corrected chi connectivity index (χ3v) is 7.96. The number of hydrogen-bond donors (Lipinski definition) is 2. The maximum absolute atomic E-state index is 13.1. The summed E-state index contributed by atoms with van der Waals surface area (Å²) in [5.74, 6) is -0.320. The van der Waals surface area contributed by atoms with Gasteiger partial charge in [-0.2, -0.15) is 4.31 Å². The Morgan fingerprint density at radius 3 is 2.62 bits per heavy atom. The lowest BCUT2D eigenvalue weighted by molar-refractivity contribution is -0.123. The van der Waals surface area contributed by atoms with E-state index < -0.39 is 16.1 Å². The highest BCUT2D eigenvalue weighted by molar-refractivity contribution is 7.89. The number of carbonyl (C=O) groups excluding carboxylic acids is 2. The van der Waals surface area contributed by atoms with Crippen LogP contribution in [0.4, 0.5) is 11.4 Å². The Balaban J connectivity index is 1.42. The van der Waals surface area contributed by atoms with Gasteiger partial charge in [0.15, 0.2) is 6.10 Å². The average Bonchev–Trinajstić information content (AvgIpc) is 2.79. The molecule has 2 N–H and O–H groups in total. The van der Waals surface area contributed by atoms with Crippen LogP contribution in [0.3, 0.4) is 0 Å². The fourth-order valence-electron chi connectivity index (χ4n) is 3.86. The van der Waals surface area contributed by atoms with Gasteiger partial charge >= 0.3 is 0 Å². The molecule has 4 rings (SSSR count). The largest absolute Gasteiger partial charge is 0.478 e. The van der Waals surface area contributed by atoms with E-state index in [0.29, 0.717) is 41.4 Å². The zero-order valence-electron chi connectivity index (χ0n) is 17.5. The molecule has 0 radical (unpaired) electrons. The molecule has 0 aromatic heterocycles. The normalized spacial score (nSPS) is 19.6. The summed E-state index contributed by atoms with van der Waals surface area (Å²) in [4.78, 5) is 24.7. The summed E-state index contributed by atoms with van der Waals surface area (Å²) >= 11 is 6.10. The van der Waals surface area contributed by atoms with Gasteiger partial charge in [-0.05, 0) is 49.6 Å². The third kappa shape index (κ3) is 4.46. The van der Waals surface area contributed by atoms with Crippen molar-refractivity contribution in [2.45, 2.75) is 37.2 Å². The molecule has 0 saturated carbocycles. The minimum absolute atomic E-state index is 0.0778. The Kier molecular flexibility index (Phi) is 6.41. The van der Waals surface area contributed by atoms with Crippen LogP contribution >= 0.6 is 11.6 Å². The average molecular weight is 478 g/mol. The van der Waals surface area contributed by atoms with E-state index in [-0.39, 0.29) is 35.7 Å². The van der Waals surface area contributed by atoms with Crippen LogP contribution in [-0.4, -0.2) is 43.7 Å². The van der Waals surface area contributed by atoms with Gasteiger partial charge in [0.25, 0.3) is 5.91 Å². The van der Waals surface area contributed by atoms with E-state index in [1.165, 1.54) is 16.4 Å². The summed E-state index contributed by atoms with van der Waals surface area (Å²) in [7, 11) is -3.77. The van der Waals surface area contributed by atoms with Crippen LogP contribution < -0.4 is 15.4 Å². The highest BCUT2D eigenvalue weighted by Crippen LogP contribution is 2.34. The highest BCUT2D eigenvalue weighted by Gasteiger charge is 2.34. The monoisotopic (exact) mass is 477 g/mol. The molecule has 1 atom stereocenters. The van der Waals surface area contributed by atoms with Gasteiger partial charge in [-0.1, -0.05) is 30.7 Å². The van der Waals surface area contributed by atoms with Crippen molar-refractivity contribution in [3.63, 3.8) is 0 Å². The second kappa shape index (κ2) is 9.09. The first kappa shape index (κ1) is 22.6. The first-order valence-corrected chi connectivity index (χ1v) is 12.3. The number of fused-ring (bicyclic) bond motifs is 1. The van der Waals surface area contributed by atoms with Crippen LogP contribution in [0.15, 0.2) is 47.4 Å². The van der Waals surface area contributed by atoms with Gasteiger partial charge in [0.1, 0.15) is 5.75 Å². The topological polar surface area (TPSA) is 105 Å². The number of piperidine rings is 1. The lowest BCUT2D eigenvalue weighted by Gasteiger charge is -2.31. The fourth-order valence-corrected chi connectivity index (χ4v) is 5.54.